The minimum absolute atomic E-state index is 0.189. The van der Waals surface area contributed by atoms with Gasteiger partial charge >= 0.3 is 0 Å². The Kier molecular flexibility index (Phi) is 6.83. The van der Waals surface area contributed by atoms with Gasteiger partial charge in [0.05, 0.1) is 21.3 Å². The van der Waals surface area contributed by atoms with Crippen LogP contribution in [0.2, 0.25) is 0 Å². The smallest absolute Gasteiger partial charge is 0.291 e. The molecule has 0 aromatic heterocycles. The summed E-state index contributed by atoms with van der Waals surface area (Å²) in [6.07, 6.45) is 0.675. The van der Waals surface area contributed by atoms with Crippen molar-refractivity contribution in [3.8, 4) is 11.5 Å². The van der Waals surface area contributed by atoms with Crippen LogP contribution in [0.4, 0.5) is 0 Å². The highest BCUT2D eigenvalue weighted by atomic mass is 16.5. The van der Waals surface area contributed by atoms with Gasteiger partial charge in [-0.1, -0.05) is 24.3 Å². The second-order valence-electron chi connectivity index (χ2n) is 5.15. The molecule has 0 saturated heterocycles. The number of rotatable bonds is 6. The van der Waals surface area contributed by atoms with Crippen molar-refractivity contribution in [1.82, 2.24) is 5.32 Å². The Bertz CT molecular complexity index is 729. The van der Waals surface area contributed by atoms with Crippen molar-refractivity contribution in [3.05, 3.63) is 59.7 Å². The van der Waals surface area contributed by atoms with E-state index in [1.165, 1.54) is 7.11 Å². The fourth-order valence-corrected chi connectivity index (χ4v) is 2.24. The summed E-state index contributed by atoms with van der Waals surface area (Å²) >= 11 is 0. The number of amides is 1. The van der Waals surface area contributed by atoms with E-state index in [9.17, 15) is 4.79 Å². The van der Waals surface area contributed by atoms with Gasteiger partial charge in [0.1, 0.15) is 0 Å². The number of benzene rings is 2. The largest absolute Gasteiger partial charge is 0.493 e. The van der Waals surface area contributed by atoms with Crippen molar-refractivity contribution >= 4 is 11.9 Å². The molecule has 25 heavy (non-hydrogen) atoms. The Balaban J connectivity index is 1.96. The van der Waals surface area contributed by atoms with Gasteiger partial charge in [-0.15, -0.1) is 0 Å². The molecule has 2 rings (SSSR count). The molecule has 6 heteroatoms. The number of carbonyl (C=O) groups excluding carboxylic acids is 1. The number of methoxy groups -OCH3 is 3. The molecule has 1 amide bonds. The van der Waals surface area contributed by atoms with E-state index in [1.54, 1.807) is 38.5 Å². The molecule has 0 fully saturated rings. The quantitative estimate of drug-likeness (QED) is 0.647. The summed E-state index contributed by atoms with van der Waals surface area (Å²) in [5.74, 6) is 1.10. The lowest BCUT2D eigenvalue weighted by Crippen LogP contribution is -2.32. The molecule has 6 nitrogen and oxygen atoms in total. The van der Waals surface area contributed by atoms with Crippen LogP contribution in [0.1, 0.15) is 15.9 Å². The number of aliphatic imine (C=N–C) groups is 1. The normalized spacial score (nSPS) is 10.9. The molecule has 0 bridgehead atoms. The van der Waals surface area contributed by atoms with Gasteiger partial charge in [-0.05, 0) is 36.2 Å². The van der Waals surface area contributed by atoms with Gasteiger partial charge in [0.15, 0.2) is 11.5 Å². The number of ether oxygens (including phenoxy) is 3. The summed E-state index contributed by atoms with van der Waals surface area (Å²) in [7, 11) is 4.67. The first-order valence-corrected chi connectivity index (χ1v) is 7.83. The van der Waals surface area contributed by atoms with E-state index >= 15 is 0 Å². The van der Waals surface area contributed by atoms with E-state index in [0.29, 0.717) is 30.0 Å². The summed E-state index contributed by atoms with van der Waals surface area (Å²) in [5, 5.41) is 2.65. The van der Waals surface area contributed by atoms with Crippen molar-refractivity contribution < 1.29 is 19.0 Å². The predicted octanol–water partition coefficient (Wildman–Crippen LogP) is 2.68. The zero-order valence-electron chi connectivity index (χ0n) is 14.6. The third-order valence-electron chi connectivity index (χ3n) is 3.55. The number of nitrogens with zero attached hydrogens (tertiary/aromatic N) is 1. The highest BCUT2D eigenvalue weighted by Gasteiger charge is 2.08. The average molecular weight is 342 g/mol. The first kappa shape index (κ1) is 18.3. The molecule has 0 atom stereocenters. The lowest BCUT2D eigenvalue weighted by Gasteiger charge is -2.09. The molecule has 0 heterocycles. The van der Waals surface area contributed by atoms with E-state index in [2.05, 4.69) is 10.3 Å². The average Bonchev–Trinajstić information content (AvgIpc) is 2.67. The molecule has 0 saturated carbocycles. The van der Waals surface area contributed by atoms with Gasteiger partial charge in [-0.3, -0.25) is 10.1 Å². The van der Waals surface area contributed by atoms with Crippen LogP contribution >= 0.6 is 0 Å². The van der Waals surface area contributed by atoms with Crippen molar-refractivity contribution in [1.29, 1.82) is 0 Å². The van der Waals surface area contributed by atoms with Crippen LogP contribution in [0.15, 0.2) is 53.5 Å². The summed E-state index contributed by atoms with van der Waals surface area (Å²) < 4.78 is 15.6. The lowest BCUT2D eigenvalue weighted by molar-refractivity contribution is 0.0968. The fraction of sp³-hybridized carbons (Fsp3) is 0.263. The molecule has 0 aliphatic rings. The third kappa shape index (κ3) is 5.24. The Morgan fingerprint density at radius 2 is 1.72 bits per heavy atom. The first-order valence-electron chi connectivity index (χ1n) is 7.83. The zero-order valence-corrected chi connectivity index (χ0v) is 14.6. The van der Waals surface area contributed by atoms with Crippen LogP contribution in [-0.4, -0.2) is 39.8 Å². The maximum atomic E-state index is 12.1. The predicted molar refractivity (Wildman–Crippen MR) is 96.5 cm³/mol. The summed E-state index contributed by atoms with van der Waals surface area (Å²) in [5.41, 5.74) is 1.60. The van der Waals surface area contributed by atoms with E-state index in [4.69, 9.17) is 14.2 Å². The molecule has 0 aliphatic carbocycles. The van der Waals surface area contributed by atoms with Gasteiger partial charge in [-0.2, -0.15) is 0 Å². The molecule has 0 spiro atoms. The molecular weight excluding hydrogens is 320 g/mol. The van der Waals surface area contributed by atoms with Crippen LogP contribution in [0, 0.1) is 0 Å². The Morgan fingerprint density at radius 3 is 2.36 bits per heavy atom. The number of hydrogen-bond donors (Lipinski definition) is 1. The summed E-state index contributed by atoms with van der Waals surface area (Å²) in [6.45, 7) is 0.466. The Morgan fingerprint density at radius 1 is 1.00 bits per heavy atom. The standard InChI is InChI=1S/C19H22N2O4/c1-23-16-10-9-14(13-17(16)24-2)11-12-20-19(25-3)21-18(22)15-7-5-4-6-8-15/h4-10,13H,11-12H2,1-3H3,(H,20,21,22). The monoisotopic (exact) mass is 342 g/mol. The van der Waals surface area contributed by atoms with Gasteiger partial charge < -0.3 is 14.2 Å². The summed E-state index contributed by atoms with van der Waals surface area (Å²) in [4.78, 5) is 16.4. The Labute approximate surface area is 147 Å². The van der Waals surface area contributed by atoms with Crippen molar-refractivity contribution in [2.24, 2.45) is 4.99 Å². The van der Waals surface area contributed by atoms with Crippen LogP contribution in [0.3, 0.4) is 0 Å². The second-order valence-corrected chi connectivity index (χ2v) is 5.15. The van der Waals surface area contributed by atoms with E-state index in [0.717, 1.165) is 5.56 Å². The number of nitrogens with one attached hydrogen (secondary N) is 1. The highest BCUT2D eigenvalue weighted by Crippen LogP contribution is 2.27. The molecule has 2 aromatic carbocycles. The van der Waals surface area contributed by atoms with Crippen molar-refractivity contribution in [2.45, 2.75) is 6.42 Å². The van der Waals surface area contributed by atoms with Crippen LogP contribution in [0.5, 0.6) is 11.5 Å². The SMILES string of the molecule is COC(=NCCc1ccc(OC)c(OC)c1)NC(=O)c1ccccc1. The molecule has 0 radical (unpaired) electrons. The molecule has 1 N–H and O–H groups in total. The number of amidine groups is 1. The van der Waals surface area contributed by atoms with E-state index in [-0.39, 0.29) is 11.9 Å². The van der Waals surface area contributed by atoms with Gasteiger partial charge in [0.2, 0.25) is 0 Å². The maximum Gasteiger partial charge on any atom is 0.291 e. The van der Waals surface area contributed by atoms with Crippen LogP contribution in [0.25, 0.3) is 0 Å². The van der Waals surface area contributed by atoms with Gasteiger partial charge in [0.25, 0.3) is 11.9 Å². The molecular formula is C19H22N2O4. The van der Waals surface area contributed by atoms with Crippen molar-refractivity contribution in [2.75, 3.05) is 27.9 Å². The van der Waals surface area contributed by atoms with Crippen molar-refractivity contribution in [3.63, 3.8) is 0 Å². The third-order valence-corrected chi connectivity index (χ3v) is 3.55. The topological polar surface area (TPSA) is 69.2 Å². The van der Waals surface area contributed by atoms with E-state index < -0.39 is 0 Å². The highest BCUT2D eigenvalue weighted by molar-refractivity contribution is 6.04. The fourth-order valence-electron chi connectivity index (χ4n) is 2.24. The van der Waals surface area contributed by atoms with Crippen LogP contribution < -0.4 is 14.8 Å². The van der Waals surface area contributed by atoms with Gasteiger partial charge in [-0.25, -0.2) is 4.99 Å². The first-order chi connectivity index (χ1) is 12.2. The summed E-state index contributed by atoms with van der Waals surface area (Å²) in [6, 6.07) is 14.8. The molecule has 0 unspecified atom stereocenters. The molecule has 0 aliphatic heterocycles. The number of carbonyl (C=O) groups is 1. The minimum atomic E-state index is -0.257. The molecule has 132 valence electrons. The minimum Gasteiger partial charge on any atom is -0.493 e. The zero-order chi connectivity index (χ0) is 18.1. The van der Waals surface area contributed by atoms with Gasteiger partial charge in [0, 0.05) is 12.1 Å². The lowest BCUT2D eigenvalue weighted by atomic mass is 10.1. The molecule has 2 aromatic rings. The maximum absolute atomic E-state index is 12.1. The number of hydrogen-bond acceptors (Lipinski definition) is 5. The van der Waals surface area contributed by atoms with E-state index in [1.807, 2.05) is 24.3 Å². The second kappa shape index (κ2) is 9.32. The Hall–Kier alpha value is -3.02. The van der Waals surface area contributed by atoms with Crippen LogP contribution in [-0.2, 0) is 11.2 Å².